The molecule has 0 aliphatic rings. The lowest BCUT2D eigenvalue weighted by atomic mass is 10.0. The monoisotopic (exact) mass is 498 g/mol. The van der Waals surface area contributed by atoms with E-state index in [1.54, 1.807) is 18.2 Å². The summed E-state index contributed by atoms with van der Waals surface area (Å²) >= 11 is 0. The first-order valence-electron chi connectivity index (χ1n) is 12.4. The van der Waals surface area contributed by atoms with Gasteiger partial charge in [-0.1, -0.05) is 84.9 Å². The number of benzene rings is 4. The molecule has 0 spiro atoms. The smallest absolute Gasteiger partial charge is 0.261 e. The lowest BCUT2D eigenvalue weighted by Gasteiger charge is -2.32. The van der Waals surface area contributed by atoms with E-state index in [9.17, 15) is 14.0 Å². The highest BCUT2D eigenvalue weighted by Gasteiger charge is 2.31. The van der Waals surface area contributed by atoms with Crippen LogP contribution in [0.15, 0.2) is 97.1 Å². The first kappa shape index (κ1) is 25.9. The Kier molecular flexibility index (Phi) is 8.52. The molecule has 0 aliphatic heterocycles. The van der Waals surface area contributed by atoms with Crippen molar-refractivity contribution >= 4 is 22.6 Å². The van der Waals surface area contributed by atoms with E-state index in [1.807, 2.05) is 86.6 Å². The maximum absolute atomic E-state index is 14.7. The second-order valence-electron chi connectivity index (χ2n) is 9.25. The van der Waals surface area contributed by atoms with E-state index in [-0.39, 0.29) is 31.5 Å². The molecule has 190 valence electrons. The highest BCUT2D eigenvalue weighted by molar-refractivity contribution is 5.90. The van der Waals surface area contributed by atoms with Gasteiger partial charge in [-0.2, -0.15) is 0 Å². The van der Waals surface area contributed by atoms with Gasteiger partial charge >= 0.3 is 0 Å². The number of hydrogen-bond acceptors (Lipinski definition) is 3. The minimum Gasteiger partial charge on any atom is -0.483 e. The average Bonchev–Trinajstić information content (AvgIpc) is 2.90. The summed E-state index contributed by atoms with van der Waals surface area (Å²) in [6, 6.07) is 28.2. The predicted octanol–water partition coefficient (Wildman–Crippen LogP) is 5.52. The van der Waals surface area contributed by atoms with E-state index >= 15 is 0 Å². The summed E-state index contributed by atoms with van der Waals surface area (Å²) in [5.41, 5.74) is 1.23. The van der Waals surface area contributed by atoms with Crippen molar-refractivity contribution in [3.05, 3.63) is 114 Å². The van der Waals surface area contributed by atoms with Gasteiger partial charge in [0.25, 0.3) is 5.91 Å². The van der Waals surface area contributed by atoms with Crippen molar-refractivity contribution < 1.29 is 18.7 Å². The van der Waals surface area contributed by atoms with Gasteiger partial charge in [-0.25, -0.2) is 4.39 Å². The molecule has 1 atom stereocenters. The SMILES string of the molecule is CC(C)NC(=O)C(Cc1ccccc1)N(Cc1ccccc1F)C(=O)COc1cccc2ccccc12. The average molecular weight is 499 g/mol. The lowest BCUT2D eigenvalue weighted by Crippen LogP contribution is -2.53. The normalized spacial score (nSPS) is 11.8. The Balaban J connectivity index is 1.65. The molecule has 1 unspecified atom stereocenters. The fraction of sp³-hybridized carbons (Fsp3) is 0.226. The molecule has 0 radical (unpaired) electrons. The van der Waals surface area contributed by atoms with Crippen molar-refractivity contribution in [1.82, 2.24) is 10.2 Å². The quantitative estimate of drug-likeness (QED) is 0.313. The molecule has 0 bridgehead atoms. The Morgan fingerprint density at radius 1 is 0.865 bits per heavy atom. The first-order chi connectivity index (χ1) is 17.9. The minimum absolute atomic E-state index is 0.0621. The highest BCUT2D eigenvalue weighted by Crippen LogP contribution is 2.25. The summed E-state index contributed by atoms with van der Waals surface area (Å²) in [6.45, 7) is 3.38. The largest absolute Gasteiger partial charge is 0.483 e. The van der Waals surface area contributed by atoms with Crippen LogP contribution in [0.1, 0.15) is 25.0 Å². The number of amides is 2. The number of carbonyl (C=O) groups excluding carboxylic acids is 2. The Labute approximate surface area is 216 Å². The summed E-state index contributed by atoms with van der Waals surface area (Å²) in [4.78, 5) is 28.5. The van der Waals surface area contributed by atoms with Crippen molar-refractivity contribution in [2.24, 2.45) is 0 Å². The number of ether oxygens (including phenoxy) is 1. The summed E-state index contributed by atoms with van der Waals surface area (Å²) in [5.74, 6) is -0.564. The molecule has 0 saturated heterocycles. The molecule has 37 heavy (non-hydrogen) atoms. The molecule has 0 aliphatic carbocycles. The molecule has 0 heterocycles. The van der Waals surface area contributed by atoms with Crippen molar-refractivity contribution in [3.63, 3.8) is 0 Å². The van der Waals surface area contributed by atoms with Crippen LogP contribution in [-0.4, -0.2) is 35.4 Å². The van der Waals surface area contributed by atoms with Gasteiger partial charge < -0.3 is 15.0 Å². The number of fused-ring (bicyclic) bond motifs is 1. The summed E-state index contributed by atoms with van der Waals surface area (Å²) < 4.78 is 20.6. The van der Waals surface area contributed by atoms with Crippen LogP contribution in [0.3, 0.4) is 0 Å². The first-order valence-corrected chi connectivity index (χ1v) is 12.4. The molecule has 0 fully saturated rings. The van der Waals surface area contributed by atoms with Crippen molar-refractivity contribution in [2.45, 2.75) is 38.9 Å². The van der Waals surface area contributed by atoms with Gasteiger partial charge in [0.05, 0.1) is 0 Å². The summed E-state index contributed by atoms with van der Waals surface area (Å²) in [7, 11) is 0. The Morgan fingerprint density at radius 2 is 1.54 bits per heavy atom. The fourth-order valence-corrected chi connectivity index (χ4v) is 4.29. The molecule has 2 amide bonds. The molecule has 5 nitrogen and oxygen atoms in total. The zero-order valence-electron chi connectivity index (χ0n) is 21.1. The van der Waals surface area contributed by atoms with Gasteiger partial charge in [-0.3, -0.25) is 9.59 Å². The van der Waals surface area contributed by atoms with Crippen LogP contribution in [0.25, 0.3) is 10.8 Å². The van der Waals surface area contributed by atoms with E-state index in [4.69, 9.17) is 4.74 Å². The van der Waals surface area contributed by atoms with Crippen LogP contribution < -0.4 is 10.1 Å². The Bertz CT molecular complexity index is 1350. The number of hydrogen-bond donors (Lipinski definition) is 1. The van der Waals surface area contributed by atoms with Crippen molar-refractivity contribution in [1.29, 1.82) is 0 Å². The third kappa shape index (κ3) is 6.73. The maximum Gasteiger partial charge on any atom is 0.261 e. The van der Waals surface area contributed by atoms with Crippen LogP contribution in [0.5, 0.6) is 5.75 Å². The second kappa shape index (κ2) is 12.2. The Morgan fingerprint density at radius 3 is 2.30 bits per heavy atom. The second-order valence-corrected chi connectivity index (χ2v) is 9.25. The van der Waals surface area contributed by atoms with Gasteiger partial charge in [-0.15, -0.1) is 0 Å². The molecule has 4 aromatic rings. The van der Waals surface area contributed by atoms with Crippen LogP contribution in [0.2, 0.25) is 0 Å². The standard InChI is InChI=1S/C31H31FN2O3/c1-22(2)33-31(36)28(19-23-11-4-3-5-12-23)34(20-25-14-7-9-17-27(25)32)30(35)21-37-29-18-10-15-24-13-6-8-16-26(24)29/h3-18,22,28H,19-21H2,1-2H3,(H,33,36). The lowest BCUT2D eigenvalue weighted by molar-refractivity contribution is -0.143. The zero-order valence-corrected chi connectivity index (χ0v) is 21.1. The van der Waals surface area contributed by atoms with Gasteiger partial charge in [0, 0.05) is 30.0 Å². The zero-order chi connectivity index (χ0) is 26.2. The predicted molar refractivity (Wildman–Crippen MR) is 144 cm³/mol. The van der Waals surface area contributed by atoms with Gasteiger partial charge in [0.15, 0.2) is 6.61 Å². The number of nitrogens with zero attached hydrogens (tertiary/aromatic N) is 1. The number of halogens is 1. The topological polar surface area (TPSA) is 58.6 Å². The molecular formula is C31H31FN2O3. The fourth-order valence-electron chi connectivity index (χ4n) is 4.29. The van der Waals surface area contributed by atoms with E-state index in [0.29, 0.717) is 11.3 Å². The maximum atomic E-state index is 14.7. The minimum atomic E-state index is -0.854. The number of rotatable bonds is 10. The van der Waals surface area contributed by atoms with Crippen LogP contribution in [0, 0.1) is 5.82 Å². The molecule has 1 N–H and O–H groups in total. The van der Waals surface area contributed by atoms with Crippen molar-refractivity contribution in [3.8, 4) is 5.75 Å². The Hall–Kier alpha value is -4.19. The molecule has 0 aromatic heterocycles. The van der Waals surface area contributed by atoms with E-state index < -0.39 is 17.8 Å². The van der Waals surface area contributed by atoms with Crippen LogP contribution in [-0.2, 0) is 22.6 Å². The molecule has 6 heteroatoms. The van der Waals surface area contributed by atoms with E-state index in [0.717, 1.165) is 16.3 Å². The highest BCUT2D eigenvalue weighted by atomic mass is 19.1. The summed E-state index contributed by atoms with van der Waals surface area (Å²) in [5, 5.41) is 4.81. The molecule has 4 aromatic carbocycles. The molecular weight excluding hydrogens is 467 g/mol. The third-order valence-electron chi connectivity index (χ3n) is 6.10. The number of carbonyl (C=O) groups is 2. The van der Waals surface area contributed by atoms with Crippen molar-refractivity contribution in [2.75, 3.05) is 6.61 Å². The van der Waals surface area contributed by atoms with Gasteiger partial charge in [0.2, 0.25) is 5.91 Å². The molecule has 0 saturated carbocycles. The number of nitrogens with one attached hydrogen (secondary N) is 1. The van der Waals surface area contributed by atoms with Gasteiger partial charge in [-0.05, 0) is 36.9 Å². The van der Waals surface area contributed by atoms with Crippen LogP contribution in [0.4, 0.5) is 4.39 Å². The van der Waals surface area contributed by atoms with Crippen LogP contribution >= 0.6 is 0 Å². The molecule has 4 rings (SSSR count). The van der Waals surface area contributed by atoms with Gasteiger partial charge in [0.1, 0.15) is 17.6 Å². The third-order valence-corrected chi connectivity index (χ3v) is 6.10. The van der Waals surface area contributed by atoms with E-state index in [2.05, 4.69) is 5.32 Å². The summed E-state index contributed by atoms with van der Waals surface area (Å²) in [6.07, 6.45) is 0.286. The van der Waals surface area contributed by atoms with E-state index in [1.165, 1.54) is 11.0 Å².